The number of carboxylic acids is 1. The predicted molar refractivity (Wildman–Crippen MR) is 102 cm³/mol. The monoisotopic (exact) mass is 428 g/mol. The largest absolute Gasteiger partial charge is 0.480 e. The molecule has 5 amide bonds. The first-order valence-electron chi connectivity index (χ1n) is 9.40. The molecule has 9 N–H and O–H groups in total. The molecule has 168 valence electrons. The molecule has 0 aliphatic carbocycles. The molecule has 1 fully saturated rings. The molecule has 13 heteroatoms. The number of carbonyl (C=O) groups excluding carboxylic acids is 5. The summed E-state index contributed by atoms with van der Waals surface area (Å²) < 4.78 is 0. The fourth-order valence-corrected chi connectivity index (χ4v) is 3.04. The van der Waals surface area contributed by atoms with Crippen LogP contribution >= 0.6 is 0 Å². The molecule has 1 heterocycles. The van der Waals surface area contributed by atoms with Gasteiger partial charge in [-0.3, -0.25) is 24.0 Å². The summed E-state index contributed by atoms with van der Waals surface area (Å²) in [5, 5.41) is 13.8. The number of rotatable bonds is 11. The Morgan fingerprint density at radius 3 is 2.27 bits per heavy atom. The highest BCUT2D eigenvalue weighted by Gasteiger charge is 2.37. The number of aliphatic carboxylic acids is 1. The Balaban J connectivity index is 2.69. The molecule has 30 heavy (non-hydrogen) atoms. The van der Waals surface area contributed by atoms with Crippen LogP contribution in [0.15, 0.2) is 0 Å². The quantitative estimate of drug-likeness (QED) is 0.193. The van der Waals surface area contributed by atoms with Crippen molar-refractivity contribution >= 4 is 35.5 Å². The number of carboxylic acid groups (broad SMARTS) is 1. The summed E-state index contributed by atoms with van der Waals surface area (Å²) in [4.78, 5) is 71.4. The molecule has 4 atom stereocenters. The van der Waals surface area contributed by atoms with E-state index in [0.717, 1.165) is 0 Å². The number of likely N-dealkylation sites (tertiary alicyclic amines) is 1. The molecule has 4 unspecified atom stereocenters. The maximum atomic E-state index is 12.6. The van der Waals surface area contributed by atoms with Crippen LogP contribution in [-0.2, 0) is 28.8 Å². The topological polar surface area (TPSA) is 228 Å². The third-order valence-electron chi connectivity index (χ3n) is 4.62. The van der Waals surface area contributed by atoms with E-state index in [0.29, 0.717) is 12.8 Å². The van der Waals surface area contributed by atoms with Gasteiger partial charge in [-0.15, -0.1) is 0 Å². The maximum Gasteiger partial charge on any atom is 0.326 e. The second-order valence-electron chi connectivity index (χ2n) is 7.10. The Morgan fingerprint density at radius 2 is 1.73 bits per heavy atom. The van der Waals surface area contributed by atoms with Gasteiger partial charge in [0.05, 0.1) is 12.5 Å². The summed E-state index contributed by atoms with van der Waals surface area (Å²) in [6.45, 7) is 1.61. The first-order chi connectivity index (χ1) is 13.9. The van der Waals surface area contributed by atoms with E-state index in [4.69, 9.17) is 22.3 Å². The van der Waals surface area contributed by atoms with Gasteiger partial charge in [0.15, 0.2) is 0 Å². The summed E-state index contributed by atoms with van der Waals surface area (Å²) in [6, 6.07) is -4.50. The lowest BCUT2D eigenvalue weighted by Crippen LogP contribution is -2.56. The standard InChI is InChI=1S/C17H28N6O7/c1-8(14(26)22-10(17(29)30)4-5-12(19)24)21-15(27)11-3-2-6-23(11)16(28)9(18)7-13(20)25/h8-11H,2-7,18H2,1H3,(H2,19,24)(H2,20,25)(H,21,27)(H,22,26)(H,29,30). The zero-order chi connectivity index (χ0) is 23.0. The zero-order valence-corrected chi connectivity index (χ0v) is 16.6. The van der Waals surface area contributed by atoms with Crippen molar-refractivity contribution in [2.24, 2.45) is 17.2 Å². The van der Waals surface area contributed by atoms with E-state index in [1.165, 1.54) is 11.8 Å². The Kier molecular flexibility index (Phi) is 9.17. The highest BCUT2D eigenvalue weighted by atomic mass is 16.4. The third-order valence-corrected chi connectivity index (χ3v) is 4.62. The van der Waals surface area contributed by atoms with Crippen molar-refractivity contribution < 1.29 is 33.9 Å². The van der Waals surface area contributed by atoms with Crippen LogP contribution in [0.3, 0.4) is 0 Å². The minimum atomic E-state index is -1.35. The Hall–Kier alpha value is -3.22. The van der Waals surface area contributed by atoms with Crippen LogP contribution in [0.5, 0.6) is 0 Å². The molecule has 1 rings (SSSR count). The van der Waals surface area contributed by atoms with Crippen molar-refractivity contribution in [3.8, 4) is 0 Å². The van der Waals surface area contributed by atoms with Crippen molar-refractivity contribution in [1.29, 1.82) is 0 Å². The number of primary amides is 2. The minimum absolute atomic E-state index is 0.195. The second kappa shape index (κ2) is 11.1. The Morgan fingerprint density at radius 1 is 1.10 bits per heavy atom. The van der Waals surface area contributed by atoms with Gasteiger partial charge in [0.1, 0.15) is 18.1 Å². The number of nitrogens with one attached hydrogen (secondary N) is 2. The molecule has 0 bridgehead atoms. The van der Waals surface area contributed by atoms with Gasteiger partial charge in [0, 0.05) is 13.0 Å². The van der Waals surface area contributed by atoms with Crippen molar-refractivity contribution in [1.82, 2.24) is 15.5 Å². The van der Waals surface area contributed by atoms with Gasteiger partial charge in [-0.05, 0) is 26.2 Å². The van der Waals surface area contributed by atoms with E-state index in [2.05, 4.69) is 10.6 Å². The molecule has 0 spiro atoms. The summed E-state index contributed by atoms with van der Waals surface area (Å²) >= 11 is 0. The number of carbonyl (C=O) groups is 6. The molecule has 0 saturated carbocycles. The number of nitrogens with two attached hydrogens (primary N) is 3. The van der Waals surface area contributed by atoms with E-state index >= 15 is 0 Å². The fraction of sp³-hybridized carbons (Fsp3) is 0.647. The van der Waals surface area contributed by atoms with Crippen molar-refractivity contribution in [3.63, 3.8) is 0 Å². The van der Waals surface area contributed by atoms with E-state index in [-0.39, 0.29) is 25.8 Å². The van der Waals surface area contributed by atoms with Gasteiger partial charge in [0.25, 0.3) is 0 Å². The van der Waals surface area contributed by atoms with Crippen molar-refractivity contribution in [2.75, 3.05) is 6.54 Å². The van der Waals surface area contributed by atoms with Crippen LogP contribution in [0.2, 0.25) is 0 Å². The smallest absolute Gasteiger partial charge is 0.326 e. The van der Waals surface area contributed by atoms with Crippen LogP contribution in [0.4, 0.5) is 0 Å². The molecule has 13 nitrogen and oxygen atoms in total. The maximum absolute atomic E-state index is 12.6. The highest BCUT2D eigenvalue weighted by Crippen LogP contribution is 2.19. The van der Waals surface area contributed by atoms with Gasteiger partial charge in [-0.2, -0.15) is 0 Å². The van der Waals surface area contributed by atoms with Crippen molar-refractivity contribution in [2.45, 2.75) is 63.2 Å². The number of amides is 5. The second-order valence-corrected chi connectivity index (χ2v) is 7.10. The van der Waals surface area contributed by atoms with Gasteiger partial charge in [0.2, 0.25) is 29.5 Å². The fourth-order valence-electron chi connectivity index (χ4n) is 3.04. The minimum Gasteiger partial charge on any atom is -0.480 e. The average molecular weight is 428 g/mol. The average Bonchev–Trinajstić information content (AvgIpc) is 3.12. The predicted octanol–water partition coefficient (Wildman–Crippen LogP) is -3.48. The van der Waals surface area contributed by atoms with Crippen LogP contribution < -0.4 is 27.8 Å². The van der Waals surface area contributed by atoms with E-state index < -0.39 is 59.7 Å². The van der Waals surface area contributed by atoms with E-state index in [1.54, 1.807) is 0 Å². The van der Waals surface area contributed by atoms with Crippen LogP contribution in [-0.4, -0.2) is 76.2 Å². The van der Waals surface area contributed by atoms with Gasteiger partial charge in [-0.25, -0.2) is 4.79 Å². The zero-order valence-electron chi connectivity index (χ0n) is 16.6. The Bertz CT molecular complexity index is 713. The van der Waals surface area contributed by atoms with Crippen LogP contribution in [0.1, 0.15) is 39.0 Å². The van der Waals surface area contributed by atoms with Gasteiger partial charge in [-0.1, -0.05) is 0 Å². The van der Waals surface area contributed by atoms with Gasteiger partial charge >= 0.3 is 5.97 Å². The molecular weight excluding hydrogens is 400 g/mol. The van der Waals surface area contributed by atoms with Gasteiger partial charge < -0.3 is 37.8 Å². The normalized spacial score (nSPS) is 18.7. The number of hydrogen-bond acceptors (Lipinski definition) is 7. The molecule has 0 radical (unpaired) electrons. The number of hydrogen-bond donors (Lipinski definition) is 6. The number of nitrogens with zero attached hydrogens (tertiary/aromatic N) is 1. The third kappa shape index (κ3) is 7.31. The van der Waals surface area contributed by atoms with Crippen LogP contribution in [0.25, 0.3) is 0 Å². The molecule has 0 aromatic heterocycles. The van der Waals surface area contributed by atoms with Crippen molar-refractivity contribution in [3.05, 3.63) is 0 Å². The summed E-state index contributed by atoms with van der Waals surface area (Å²) in [5.41, 5.74) is 15.7. The molecule has 0 aromatic rings. The molecule has 0 aromatic carbocycles. The Labute approximate surface area is 172 Å². The SMILES string of the molecule is CC(NC(=O)C1CCCN1C(=O)C(N)CC(N)=O)C(=O)NC(CCC(N)=O)C(=O)O. The summed E-state index contributed by atoms with van der Waals surface area (Å²) in [6.07, 6.45) is 0.0836. The molecule has 1 aliphatic heterocycles. The summed E-state index contributed by atoms with van der Waals surface area (Å²) in [7, 11) is 0. The molecule has 1 aliphatic rings. The first kappa shape index (κ1) is 24.8. The lowest BCUT2D eigenvalue weighted by atomic mass is 10.1. The first-order valence-corrected chi connectivity index (χ1v) is 9.40. The molecular formula is C17H28N6O7. The van der Waals surface area contributed by atoms with E-state index in [1.807, 2.05) is 0 Å². The molecule has 1 saturated heterocycles. The van der Waals surface area contributed by atoms with Crippen LogP contribution in [0, 0.1) is 0 Å². The van der Waals surface area contributed by atoms with E-state index in [9.17, 15) is 28.8 Å². The summed E-state index contributed by atoms with van der Waals surface area (Å²) in [5.74, 6) is -4.79. The highest BCUT2D eigenvalue weighted by molar-refractivity contribution is 5.95. The lowest BCUT2D eigenvalue weighted by Gasteiger charge is -2.27. The lowest BCUT2D eigenvalue weighted by molar-refractivity contribution is -0.143.